The van der Waals surface area contributed by atoms with Gasteiger partial charge in [0.1, 0.15) is 0 Å². The van der Waals surface area contributed by atoms with Crippen LogP contribution in [0, 0.1) is 23.7 Å². The third-order valence-corrected chi connectivity index (χ3v) is 5.41. The van der Waals surface area contributed by atoms with Crippen molar-refractivity contribution in [2.75, 3.05) is 0 Å². The molecule has 7 atom stereocenters. The fourth-order valence-electron chi connectivity index (χ4n) is 4.23. The maximum absolute atomic E-state index is 10.6. The summed E-state index contributed by atoms with van der Waals surface area (Å²) in [6.45, 7) is 4.25. The van der Waals surface area contributed by atoms with E-state index in [0.717, 1.165) is 12.8 Å². The van der Waals surface area contributed by atoms with Crippen molar-refractivity contribution in [2.45, 2.75) is 64.3 Å². The first-order valence-corrected chi connectivity index (χ1v) is 8.93. The highest BCUT2D eigenvalue weighted by atomic mass is 16.4. The number of allylic oxidation sites excluding steroid dienone is 3. The summed E-state index contributed by atoms with van der Waals surface area (Å²) in [5, 5.41) is 38.9. The Bertz CT molecular complexity index is 498. The molecule has 2 rings (SSSR count). The van der Waals surface area contributed by atoms with Gasteiger partial charge in [0.05, 0.1) is 24.7 Å². The Labute approximate surface area is 143 Å². The lowest BCUT2D eigenvalue weighted by Crippen LogP contribution is -2.38. The summed E-state index contributed by atoms with van der Waals surface area (Å²) in [6, 6.07) is 0. The SMILES string of the molecule is C[C@H]1C=C2C=C[C@H](C)C(CC[C@@H](O)C[C@@H](O)CC(=O)O)C2[C@@H](O)C1. The third-order valence-electron chi connectivity index (χ3n) is 5.41. The first-order chi connectivity index (χ1) is 11.3. The zero-order chi connectivity index (χ0) is 17.9. The number of aliphatic hydroxyl groups excluding tert-OH is 3. The second kappa shape index (κ2) is 8.28. The predicted octanol–water partition coefficient (Wildman–Crippen LogP) is 2.12. The Kier molecular flexibility index (Phi) is 6.61. The lowest BCUT2D eigenvalue weighted by molar-refractivity contribution is -0.139. The smallest absolute Gasteiger partial charge is 0.305 e. The molecule has 0 radical (unpaired) electrons. The van der Waals surface area contributed by atoms with Gasteiger partial charge in [-0.2, -0.15) is 0 Å². The molecule has 0 bridgehead atoms. The number of carbonyl (C=O) groups is 1. The van der Waals surface area contributed by atoms with E-state index in [1.807, 2.05) is 0 Å². The quantitative estimate of drug-likeness (QED) is 0.570. The van der Waals surface area contributed by atoms with Crippen molar-refractivity contribution in [1.82, 2.24) is 0 Å². The minimum absolute atomic E-state index is 0.0796. The van der Waals surface area contributed by atoms with E-state index >= 15 is 0 Å². The van der Waals surface area contributed by atoms with Crippen LogP contribution in [-0.2, 0) is 4.79 Å². The van der Waals surface area contributed by atoms with Gasteiger partial charge in [0.15, 0.2) is 0 Å². The van der Waals surface area contributed by atoms with Crippen molar-refractivity contribution in [3.8, 4) is 0 Å². The number of carboxylic acids is 1. The molecular formula is C19H30O5. The summed E-state index contributed by atoms with van der Waals surface area (Å²) in [7, 11) is 0. The normalized spacial score (nSPS) is 35.0. The van der Waals surface area contributed by atoms with Crippen molar-refractivity contribution in [1.29, 1.82) is 0 Å². The standard InChI is InChI=1S/C19H30O5/c1-11-7-13-4-3-12(2)16(19(13)17(22)8-11)6-5-14(20)9-15(21)10-18(23)24/h3-4,7,11-12,14-17,19-22H,5-6,8-10H2,1-2H3,(H,23,24)/t11-,12-,14+,15+,16?,17-,19?/m0/s1. The molecule has 2 aliphatic rings. The maximum Gasteiger partial charge on any atom is 0.305 e. The lowest BCUT2D eigenvalue weighted by Gasteiger charge is -2.41. The molecule has 0 aromatic heterocycles. The average Bonchev–Trinajstić information content (AvgIpc) is 2.45. The van der Waals surface area contributed by atoms with Gasteiger partial charge in [-0.1, -0.05) is 32.1 Å². The molecule has 0 aromatic rings. The number of hydrogen-bond acceptors (Lipinski definition) is 4. The summed E-state index contributed by atoms with van der Waals surface area (Å²) in [5.41, 5.74) is 1.20. The lowest BCUT2D eigenvalue weighted by atomic mass is 9.65. The van der Waals surface area contributed by atoms with Gasteiger partial charge in [0.2, 0.25) is 0 Å². The summed E-state index contributed by atoms with van der Waals surface area (Å²) in [6.07, 6.45) is 6.20. The second-order valence-corrected chi connectivity index (χ2v) is 7.57. The Hall–Kier alpha value is -1.17. The van der Waals surface area contributed by atoms with Crippen LogP contribution in [-0.4, -0.2) is 44.7 Å². The second-order valence-electron chi connectivity index (χ2n) is 7.57. The number of aliphatic carboxylic acids is 1. The zero-order valence-corrected chi connectivity index (χ0v) is 14.5. The summed E-state index contributed by atoms with van der Waals surface area (Å²) in [4.78, 5) is 10.6. The summed E-state index contributed by atoms with van der Waals surface area (Å²) in [5.74, 6) is 0.00962. The highest BCUT2D eigenvalue weighted by molar-refractivity contribution is 5.67. The highest BCUT2D eigenvalue weighted by Gasteiger charge is 2.38. The van der Waals surface area contributed by atoms with Gasteiger partial charge in [-0.25, -0.2) is 0 Å². The van der Waals surface area contributed by atoms with E-state index in [9.17, 15) is 20.1 Å². The van der Waals surface area contributed by atoms with Crippen LogP contribution in [0.2, 0.25) is 0 Å². The number of carboxylic acid groups (broad SMARTS) is 1. The van der Waals surface area contributed by atoms with Crippen LogP contribution in [0.25, 0.3) is 0 Å². The largest absolute Gasteiger partial charge is 0.481 e. The van der Waals surface area contributed by atoms with Gasteiger partial charge in [0.25, 0.3) is 0 Å². The molecule has 0 saturated heterocycles. The first kappa shape index (κ1) is 19.2. The first-order valence-electron chi connectivity index (χ1n) is 8.93. The fourth-order valence-corrected chi connectivity index (χ4v) is 4.23. The van der Waals surface area contributed by atoms with Gasteiger partial charge in [-0.3, -0.25) is 4.79 Å². The molecule has 0 aliphatic heterocycles. The van der Waals surface area contributed by atoms with Gasteiger partial charge in [0, 0.05) is 5.92 Å². The van der Waals surface area contributed by atoms with Gasteiger partial charge >= 0.3 is 5.97 Å². The molecular weight excluding hydrogens is 308 g/mol. The number of rotatable bonds is 7. The molecule has 4 N–H and O–H groups in total. The Morgan fingerprint density at radius 3 is 2.67 bits per heavy atom. The third kappa shape index (κ3) is 4.91. The molecule has 5 nitrogen and oxygen atoms in total. The molecule has 0 saturated carbocycles. The number of aliphatic hydroxyl groups is 3. The van der Waals surface area contributed by atoms with Crippen LogP contribution in [0.4, 0.5) is 0 Å². The molecule has 0 fully saturated rings. The summed E-state index contributed by atoms with van der Waals surface area (Å²) >= 11 is 0. The van der Waals surface area contributed by atoms with Crippen molar-refractivity contribution in [3.63, 3.8) is 0 Å². The fraction of sp³-hybridized carbons (Fsp3) is 0.737. The van der Waals surface area contributed by atoms with E-state index in [-0.39, 0.29) is 30.8 Å². The minimum atomic E-state index is -1.06. The van der Waals surface area contributed by atoms with Crippen molar-refractivity contribution in [2.24, 2.45) is 23.7 Å². The molecule has 0 spiro atoms. The van der Waals surface area contributed by atoms with Crippen LogP contribution in [0.5, 0.6) is 0 Å². The maximum atomic E-state index is 10.6. The van der Waals surface area contributed by atoms with Gasteiger partial charge in [-0.05, 0) is 49.0 Å². The molecule has 5 heteroatoms. The number of hydrogen-bond donors (Lipinski definition) is 4. The average molecular weight is 338 g/mol. The molecule has 0 heterocycles. The van der Waals surface area contributed by atoms with E-state index in [1.54, 1.807) is 0 Å². The van der Waals surface area contributed by atoms with Crippen molar-refractivity contribution in [3.05, 3.63) is 23.8 Å². The predicted molar refractivity (Wildman–Crippen MR) is 91.3 cm³/mol. The van der Waals surface area contributed by atoms with Gasteiger partial charge < -0.3 is 20.4 Å². The van der Waals surface area contributed by atoms with Crippen LogP contribution >= 0.6 is 0 Å². The highest BCUT2D eigenvalue weighted by Crippen LogP contribution is 2.43. The Balaban J connectivity index is 1.94. The molecule has 136 valence electrons. The van der Waals surface area contributed by atoms with E-state index in [1.165, 1.54) is 5.57 Å². The van der Waals surface area contributed by atoms with Crippen molar-refractivity contribution >= 4 is 5.97 Å². The van der Waals surface area contributed by atoms with Crippen LogP contribution < -0.4 is 0 Å². The monoisotopic (exact) mass is 338 g/mol. The molecule has 24 heavy (non-hydrogen) atoms. The van der Waals surface area contributed by atoms with E-state index < -0.39 is 18.2 Å². The molecule has 0 amide bonds. The van der Waals surface area contributed by atoms with Gasteiger partial charge in [-0.15, -0.1) is 0 Å². The van der Waals surface area contributed by atoms with Crippen LogP contribution in [0.1, 0.15) is 46.0 Å². The van der Waals surface area contributed by atoms with Crippen LogP contribution in [0.15, 0.2) is 23.8 Å². The zero-order valence-electron chi connectivity index (χ0n) is 14.5. The topological polar surface area (TPSA) is 98.0 Å². The van der Waals surface area contributed by atoms with E-state index in [0.29, 0.717) is 18.3 Å². The number of fused-ring (bicyclic) bond motifs is 1. The minimum Gasteiger partial charge on any atom is -0.481 e. The summed E-state index contributed by atoms with van der Waals surface area (Å²) < 4.78 is 0. The Morgan fingerprint density at radius 1 is 1.29 bits per heavy atom. The molecule has 0 aromatic carbocycles. The van der Waals surface area contributed by atoms with E-state index in [4.69, 9.17) is 5.11 Å². The molecule has 2 aliphatic carbocycles. The molecule has 2 unspecified atom stereocenters. The van der Waals surface area contributed by atoms with E-state index in [2.05, 4.69) is 32.1 Å². The van der Waals surface area contributed by atoms with Crippen molar-refractivity contribution < 1.29 is 25.2 Å². The van der Waals surface area contributed by atoms with Crippen LogP contribution in [0.3, 0.4) is 0 Å². The Morgan fingerprint density at radius 2 is 2.00 bits per heavy atom.